The molecule has 7 heteroatoms. The zero-order valence-electron chi connectivity index (χ0n) is 17.0. The number of amides is 2. The van der Waals surface area contributed by atoms with E-state index in [1.165, 1.54) is 6.92 Å². The van der Waals surface area contributed by atoms with Gasteiger partial charge in [0.2, 0.25) is 5.91 Å². The van der Waals surface area contributed by atoms with Gasteiger partial charge >= 0.3 is 0 Å². The molecule has 2 aromatic carbocycles. The molecule has 0 saturated heterocycles. The van der Waals surface area contributed by atoms with E-state index in [1.807, 2.05) is 26.0 Å². The van der Waals surface area contributed by atoms with Gasteiger partial charge in [-0.2, -0.15) is 0 Å². The highest BCUT2D eigenvalue weighted by molar-refractivity contribution is 9.10. The van der Waals surface area contributed by atoms with Crippen LogP contribution in [0.1, 0.15) is 34.0 Å². The van der Waals surface area contributed by atoms with Crippen molar-refractivity contribution in [3.63, 3.8) is 0 Å². The van der Waals surface area contributed by atoms with Crippen LogP contribution in [0.2, 0.25) is 0 Å². The van der Waals surface area contributed by atoms with Crippen LogP contribution >= 0.6 is 15.9 Å². The molecule has 2 N–H and O–H groups in total. The van der Waals surface area contributed by atoms with E-state index in [9.17, 15) is 9.59 Å². The first-order valence-corrected chi connectivity index (χ1v) is 10.1. The smallest absolute Gasteiger partial charge is 0.255 e. The van der Waals surface area contributed by atoms with E-state index in [2.05, 4.69) is 31.5 Å². The van der Waals surface area contributed by atoms with Crippen LogP contribution in [-0.4, -0.2) is 16.8 Å². The topological polar surface area (TPSA) is 80.3 Å². The maximum atomic E-state index is 12.9. The molecule has 0 aliphatic heterocycles. The van der Waals surface area contributed by atoms with E-state index in [0.29, 0.717) is 23.5 Å². The van der Waals surface area contributed by atoms with Crippen molar-refractivity contribution in [2.45, 2.75) is 27.4 Å². The summed E-state index contributed by atoms with van der Waals surface area (Å²) in [7, 11) is 0. The van der Waals surface area contributed by atoms with Crippen LogP contribution in [0.25, 0.3) is 0 Å². The standard InChI is InChI=1S/C23H22BrN3O3/c1-14-9-18(10-15(2)22(14)30-13-17-5-4-8-25-12-17)23(29)27-21-11-19(24)6-7-20(21)26-16(3)28/h4-12H,13H2,1-3H3,(H,26,28)(H,27,29). The Kier molecular flexibility index (Phi) is 6.84. The number of benzene rings is 2. The molecule has 1 aromatic heterocycles. The van der Waals surface area contributed by atoms with Crippen LogP contribution in [0.3, 0.4) is 0 Å². The molecule has 0 fully saturated rings. The fraction of sp³-hybridized carbons (Fsp3) is 0.174. The van der Waals surface area contributed by atoms with Crippen molar-refractivity contribution in [2.24, 2.45) is 0 Å². The van der Waals surface area contributed by atoms with Gasteiger partial charge in [0.05, 0.1) is 11.4 Å². The Morgan fingerprint density at radius 2 is 1.77 bits per heavy atom. The first-order chi connectivity index (χ1) is 14.3. The molecule has 0 aliphatic rings. The Balaban J connectivity index is 1.79. The van der Waals surface area contributed by atoms with Gasteiger partial charge in [-0.15, -0.1) is 0 Å². The highest BCUT2D eigenvalue weighted by Gasteiger charge is 2.14. The fourth-order valence-corrected chi connectivity index (χ4v) is 3.42. The van der Waals surface area contributed by atoms with Gasteiger partial charge < -0.3 is 15.4 Å². The van der Waals surface area contributed by atoms with Crippen molar-refractivity contribution in [2.75, 3.05) is 10.6 Å². The third-order valence-corrected chi connectivity index (χ3v) is 4.86. The summed E-state index contributed by atoms with van der Waals surface area (Å²) in [6.07, 6.45) is 3.48. The van der Waals surface area contributed by atoms with Gasteiger partial charge in [-0.25, -0.2) is 0 Å². The molecule has 2 amide bonds. The van der Waals surface area contributed by atoms with E-state index in [4.69, 9.17) is 4.74 Å². The number of hydrogen-bond donors (Lipinski definition) is 2. The van der Waals surface area contributed by atoms with Crippen molar-refractivity contribution in [3.8, 4) is 5.75 Å². The first-order valence-electron chi connectivity index (χ1n) is 9.35. The maximum absolute atomic E-state index is 12.9. The van der Waals surface area contributed by atoms with Crippen LogP contribution in [0.15, 0.2) is 59.3 Å². The minimum absolute atomic E-state index is 0.213. The number of aromatic nitrogens is 1. The monoisotopic (exact) mass is 467 g/mol. The Morgan fingerprint density at radius 3 is 2.40 bits per heavy atom. The molecule has 30 heavy (non-hydrogen) atoms. The SMILES string of the molecule is CC(=O)Nc1ccc(Br)cc1NC(=O)c1cc(C)c(OCc2cccnc2)c(C)c1. The first kappa shape index (κ1) is 21.5. The normalized spacial score (nSPS) is 10.4. The molecule has 154 valence electrons. The Bertz CT molecular complexity index is 1060. The lowest BCUT2D eigenvalue weighted by atomic mass is 10.0. The average Bonchev–Trinajstić information content (AvgIpc) is 2.69. The van der Waals surface area contributed by atoms with E-state index in [1.54, 1.807) is 42.7 Å². The minimum Gasteiger partial charge on any atom is -0.488 e. The molecule has 0 saturated carbocycles. The molecule has 3 aromatic rings. The number of nitrogens with one attached hydrogen (secondary N) is 2. The molecule has 0 aliphatic carbocycles. The number of aryl methyl sites for hydroxylation is 2. The van der Waals surface area contributed by atoms with Crippen LogP contribution in [0.4, 0.5) is 11.4 Å². The molecule has 6 nitrogen and oxygen atoms in total. The summed E-state index contributed by atoms with van der Waals surface area (Å²) in [5, 5.41) is 5.59. The second kappa shape index (κ2) is 9.54. The number of rotatable bonds is 6. The molecule has 0 unspecified atom stereocenters. The summed E-state index contributed by atoms with van der Waals surface area (Å²) < 4.78 is 6.75. The van der Waals surface area contributed by atoms with Gasteiger partial charge in [0.1, 0.15) is 12.4 Å². The lowest BCUT2D eigenvalue weighted by Gasteiger charge is -2.15. The van der Waals surface area contributed by atoms with Gasteiger partial charge in [0, 0.05) is 34.9 Å². The summed E-state index contributed by atoms with van der Waals surface area (Å²) in [4.78, 5) is 28.4. The lowest BCUT2D eigenvalue weighted by molar-refractivity contribution is -0.114. The van der Waals surface area contributed by atoms with E-state index in [0.717, 1.165) is 26.9 Å². The highest BCUT2D eigenvalue weighted by atomic mass is 79.9. The van der Waals surface area contributed by atoms with Gasteiger partial charge in [0.25, 0.3) is 5.91 Å². The number of pyridine rings is 1. The summed E-state index contributed by atoms with van der Waals surface area (Å²) in [6.45, 7) is 5.64. The zero-order valence-corrected chi connectivity index (χ0v) is 18.5. The lowest BCUT2D eigenvalue weighted by Crippen LogP contribution is -2.15. The minimum atomic E-state index is -0.273. The molecule has 0 bridgehead atoms. The van der Waals surface area contributed by atoms with E-state index >= 15 is 0 Å². The fourth-order valence-electron chi connectivity index (χ4n) is 3.06. The third kappa shape index (κ3) is 5.45. The predicted octanol–water partition coefficient (Wildman–Crippen LogP) is 5.25. The number of carbonyl (C=O) groups is 2. The number of ether oxygens (including phenoxy) is 1. The third-order valence-electron chi connectivity index (χ3n) is 4.37. The Morgan fingerprint density at radius 1 is 1.03 bits per heavy atom. The van der Waals surface area contributed by atoms with Crippen molar-refractivity contribution in [3.05, 3.63) is 81.6 Å². The molecular formula is C23H22BrN3O3. The van der Waals surface area contributed by atoms with Crippen molar-refractivity contribution < 1.29 is 14.3 Å². The maximum Gasteiger partial charge on any atom is 0.255 e. The number of carbonyl (C=O) groups excluding carboxylic acids is 2. The zero-order chi connectivity index (χ0) is 21.7. The van der Waals surface area contributed by atoms with E-state index < -0.39 is 0 Å². The predicted molar refractivity (Wildman–Crippen MR) is 121 cm³/mol. The van der Waals surface area contributed by atoms with Crippen molar-refractivity contribution in [1.82, 2.24) is 4.98 Å². The number of anilines is 2. The molecular weight excluding hydrogens is 446 g/mol. The molecule has 0 spiro atoms. The molecule has 0 atom stereocenters. The van der Waals surface area contributed by atoms with Gasteiger partial charge in [0.15, 0.2) is 0 Å². The van der Waals surface area contributed by atoms with E-state index in [-0.39, 0.29) is 11.8 Å². The second-order valence-corrected chi connectivity index (χ2v) is 7.83. The van der Waals surface area contributed by atoms with Gasteiger partial charge in [-0.1, -0.05) is 22.0 Å². The van der Waals surface area contributed by atoms with Crippen LogP contribution in [0, 0.1) is 13.8 Å². The Hall–Kier alpha value is -3.19. The Labute approximate surface area is 183 Å². The quantitative estimate of drug-likeness (QED) is 0.518. The summed E-state index contributed by atoms with van der Waals surface area (Å²) in [6, 6.07) is 12.7. The second-order valence-electron chi connectivity index (χ2n) is 6.91. The van der Waals surface area contributed by atoms with Crippen molar-refractivity contribution in [1.29, 1.82) is 0 Å². The number of halogens is 1. The summed E-state index contributed by atoms with van der Waals surface area (Å²) >= 11 is 3.39. The van der Waals surface area contributed by atoms with Gasteiger partial charge in [-0.3, -0.25) is 14.6 Å². The number of hydrogen-bond acceptors (Lipinski definition) is 4. The summed E-state index contributed by atoms with van der Waals surface area (Å²) in [5.74, 6) is 0.260. The number of nitrogens with zero attached hydrogens (tertiary/aromatic N) is 1. The molecule has 3 rings (SSSR count). The molecule has 0 radical (unpaired) electrons. The average molecular weight is 468 g/mol. The highest BCUT2D eigenvalue weighted by Crippen LogP contribution is 2.29. The van der Waals surface area contributed by atoms with Crippen LogP contribution < -0.4 is 15.4 Å². The van der Waals surface area contributed by atoms with Crippen molar-refractivity contribution >= 4 is 39.1 Å². The van der Waals surface area contributed by atoms with Crippen LogP contribution in [0.5, 0.6) is 5.75 Å². The summed E-state index contributed by atoms with van der Waals surface area (Å²) in [5.41, 5.74) is 4.24. The largest absolute Gasteiger partial charge is 0.488 e. The van der Waals surface area contributed by atoms with Crippen LogP contribution in [-0.2, 0) is 11.4 Å². The van der Waals surface area contributed by atoms with Gasteiger partial charge in [-0.05, 0) is 61.4 Å². The molecule has 1 heterocycles.